The number of allylic oxidation sites excluding steroid dienone is 1. The normalized spacial score (nSPS) is 41.0. The van der Waals surface area contributed by atoms with E-state index in [0.29, 0.717) is 12.3 Å². The van der Waals surface area contributed by atoms with Crippen LogP contribution in [-0.4, -0.2) is 50.1 Å². The van der Waals surface area contributed by atoms with Crippen molar-refractivity contribution in [2.45, 2.75) is 63.8 Å². The van der Waals surface area contributed by atoms with Crippen LogP contribution in [-0.2, 0) is 9.53 Å². The highest BCUT2D eigenvalue weighted by atomic mass is 16.5. The number of rotatable bonds is 5. The molecule has 1 aromatic carbocycles. The van der Waals surface area contributed by atoms with Gasteiger partial charge in [0, 0.05) is 17.8 Å². The molecule has 5 aliphatic rings. The lowest BCUT2D eigenvalue weighted by atomic mass is 9.50. The van der Waals surface area contributed by atoms with Crippen molar-refractivity contribution in [3.63, 3.8) is 0 Å². The van der Waals surface area contributed by atoms with Crippen LogP contribution < -0.4 is 5.32 Å². The molecule has 2 saturated heterocycles. The van der Waals surface area contributed by atoms with Crippen LogP contribution in [0.15, 0.2) is 24.3 Å². The van der Waals surface area contributed by atoms with Gasteiger partial charge < -0.3 is 30.5 Å². The number of aromatic carboxylic acids is 1. The molecule has 8 heteroatoms. The number of phenols is 2. The molecule has 3 aliphatic carbocycles. The van der Waals surface area contributed by atoms with E-state index in [1.165, 1.54) is 0 Å². The summed E-state index contributed by atoms with van der Waals surface area (Å²) in [7, 11) is 0. The maximum atomic E-state index is 12.7. The summed E-state index contributed by atoms with van der Waals surface area (Å²) < 4.78 is 6.45. The van der Waals surface area contributed by atoms with E-state index in [0.717, 1.165) is 31.4 Å². The lowest BCUT2D eigenvalue weighted by molar-refractivity contribution is -0.179. The summed E-state index contributed by atoms with van der Waals surface area (Å²) in [4.78, 5) is 24.0. The molecule has 4 bridgehead atoms. The molecule has 6 rings (SSSR count). The first kappa shape index (κ1) is 21.3. The molecule has 172 valence electrons. The Morgan fingerprint density at radius 3 is 2.69 bits per heavy atom. The largest absolute Gasteiger partial charge is 0.506 e. The molecule has 0 radical (unpaired) electrons. The van der Waals surface area contributed by atoms with Gasteiger partial charge in [-0.3, -0.25) is 4.79 Å². The molecule has 4 fully saturated rings. The van der Waals surface area contributed by atoms with Gasteiger partial charge in [0.25, 0.3) is 0 Å². The number of carboxylic acids is 1. The number of hydrogen-bond acceptors (Lipinski definition) is 6. The van der Waals surface area contributed by atoms with Crippen molar-refractivity contribution < 1.29 is 34.8 Å². The fraction of sp³-hybridized carbons (Fsp3) is 0.583. The number of carboxylic acid groups (broad SMARTS) is 1. The van der Waals surface area contributed by atoms with E-state index in [1.54, 1.807) is 0 Å². The maximum absolute atomic E-state index is 12.7. The number of phenolic OH excluding ortho intramolecular Hbond substituents is 1. The first-order chi connectivity index (χ1) is 15.0. The molecule has 7 atom stereocenters. The Balaban J connectivity index is 1.35. The zero-order chi connectivity index (χ0) is 23.1. The Labute approximate surface area is 185 Å². The Bertz CT molecular complexity index is 1040. The minimum absolute atomic E-state index is 0.0165. The van der Waals surface area contributed by atoms with E-state index in [-0.39, 0.29) is 35.1 Å². The van der Waals surface area contributed by atoms with Crippen LogP contribution in [0.2, 0.25) is 0 Å². The molecule has 0 aromatic heterocycles. The summed E-state index contributed by atoms with van der Waals surface area (Å²) in [6, 6.07) is 2.18. The molecular weight excluding hydrogens is 414 g/mol. The Hall–Kier alpha value is -2.58. The predicted molar refractivity (Wildman–Crippen MR) is 114 cm³/mol. The number of ether oxygens (including phenoxy) is 1. The highest BCUT2D eigenvalue weighted by Gasteiger charge is 2.71. The molecular formula is C24H29NO7. The summed E-state index contributed by atoms with van der Waals surface area (Å²) in [5.41, 5.74) is -1.42. The zero-order valence-corrected chi connectivity index (χ0v) is 18.2. The predicted octanol–water partition coefficient (Wildman–Crippen LogP) is 3.03. The molecule has 2 aliphatic heterocycles. The molecule has 5 unspecified atom stereocenters. The fourth-order valence-electron chi connectivity index (χ4n) is 7.26. The number of aliphatic hydroxyl groups excluding tert-OH is 1. The summed E-state index contributed by atoms with van der Waals surface area (Å²) in [6.45, 7) is 4.20. The summed E-state index contributed by atoms with van der Waals surface area (Å²) in [5, 5.41) is 42.7. The first-order valence-corrected chi connectivity index (χ1v) is 11.1. The van der Waals surface area contributed by atoms with Gasteiger partial charge in [-0.1, -0.05) is 19.1 Å². The number of carbonyl (C=O) groups excluding carboxylic acids is 1. The molecule has 8 nitrogen and oxygen atoms in total. The fourth-order valence-corrected chi connectivity index (χ4v) is 7.26. The topological polar surface area (TPSA) is 136 Å². The monoisotopic (exact) mass is 443 g/mol. The van der Waals surface area contributed by atoms with Crippen LogP contribution in [0, 0.1) is 22.7 Å². The van der Waals surface area contributed by atoms with E-state index in [2.05, 4.69) is 18.3 Å². The first-order valence-electron chi connectivity index (χ1n) is 11.1. The second-order valence-electron chi connectivity index (χ2n) is 10.5. The Kier molecular flexibility index (Phi) is 4.46. The van der Waals surface area contributed by atoms with Gasteiger partial charge in [0.05, 0.1) is 17.8 Å². The number of carbonyl (C=O) groups is 2. The molecule has 1 amide bonds. The lowest BCUT2D eigenvalue weighted by Gasteiger charge is -2.57. The molecule has 2 heterocycles. The van der Waals surface area contributed by atoms with E-state index in [1.807, 2.05) is 13.0 Å². The van der Waals surface area contributed by atoms with Crippen molar-refractivity contribution in [1.29, 1.82) is 0 Å². The van der Waals surface area contributed by atoms with Crippen molar-refractivity contribution in [2.24, 2.45) is 22.7 Å². The van der Waals surface area contributed by atoms with E-state index in [9.17, 15) is 24.9 Å². The Morgan fingerprint density at radius 1 is 1.25 bits per heavy atom. The average molecular weight is 443 g/mol. The molecule has 1 aromatic rings. The van der Waals surface area contributed by atoms with Crippen molar-refractivity contribution in [2.75, 3.05) is 5.32 Å². The van der Waals surface area contributed by atoms with Crippen LogP contribution in [0.4, 0.5) is 5.69 Å². The smallest absolute Gasteiger partial charge is 0.339 e. The van der Waals surface area contributed by atoms with E-state index in [4.69, 9.17) is 9.84 Å². The average Bonchev–Trinajstić information content (AvgIpc) is 3.08. The zero-order valence-electron chi connectivity index (χ0n) is 18.2. The summed E-state index contributed by atoms with van der Waals surface area (Å²) >= 11 is 0. The second kappa shape index (κ2) is 6.71. The number of anilines is 1. The van der Waals surface area contributed by atoms with E-state index >= 15 is 0 Å². The van der Waals surface area contributed by atoms with Crippen molar-refractivity contribution in [1.82, 2.24) is 0 Å². The molecule has 5 N–H and O–H groups in total. The van der Waals surface area contributed by atoms with Gasteiger partial charge in [0.2, 0.25) is 5.91 Å². The number of amides is 1. The van der Waals surface area contributed by atoms with Gasteiger partial charge in [0.15, 0.2) is 5.75 Å². The minimum Gasteiger partial charge on any atom is -0.506 e. The number of aromatic hydroxyl groups is 2. The number of aliphatic hydroxyl groups is 1. The quantitative estimate of drug-likeness (QED) is 0.348. The van der Waals surface area contributed by atoms with Crippen molar-refractivity contribution in [3.05, 3.63) is 29.8 Å². The van der Waals surface area contributed by atoms with Gasteiger partial charge >= 0.3 is 5.97 Å². The van der Waals surface area contributed by atoms with Crippen LogP contribution in [0.5, 0.6) is 11.5 Å². The van der Waals surface area contributed by atoms with Crippen LogP contribution >= 0.6 is 0 Å². The summed E-state index contributed by atoms with van der Waals surface area (Å²) in [5.74, 6) is -2.32. The molecule has 1 spiro atoms. The van der Waals surface area contributed by atoms with Crippen LogP contribution in [0.25, 0.3) is 0 Å². The van der Waals surface area contributed by atoms with Gasteiger partial charge in [-0.05, 0) is 56.1 Å². The third-order valence-corrected chi connectivity index (χ3v) is 8.64. The van der Waals surface area contributed by atoms with Gasteiger partial charge in [-0.25, -0.2) is 4.79 Å². The SMILES string of the molecule is CC12CC34C=C[C@@H](O)[C@@](C)(CCC(=O)Nc5c(O)ccc(C(=O)O)c5O)C3C(CC1C4)O2. The third kappa shape index (κ3) is 2.82. The minimum atomic E-state index is -1.37. The van der Waals surface area contributed by atoms with Crippen LogP contribution in [0.1, 0.15) is 56.3 Å². The molecule has 32 heavy (non-hydrogen) atoms. The van der Waals surface area contributed by atoms with E-state index < -0.39 is 40.5 Å². The second-order valence-corrected chi connectivity index (χ2v) is 10.5. The van der Waals surface area contributed by atoms with Crippen molar-refractivity contribution >= 4 is 17.6 Å². The van der Waals surface area contributed by atoms with Gasteiger partial charge in [-0.15, -0.1) is 0 Å². The van der Waals surface area contributed by atoms with Gasteiger partial charge in [-0.2, -0.15) is 0 Å². The van der Waals surface area contributed by atoms with Crippen molar-refractivity contribution in [3.8, 4) is 11.5 Å². The highest BCUT2D eigenvalue weighted by Crippen LogP contribution is 2.72. The Morgan fingerprint density at radius 2 is 2.00 bits per heavy atom. The number of benzene rings is 1. The number of hydrogen-bond donors (Lipinski definition) is 5. The highest BCUT2D eigenvalue weighted by molar-refractivity contribution is 5.99. The molecule has 2 saturated carbocycles. The lowest BCUT2D eigenvalue weighted by Crippen LogP contribution is -2.57. The standard InChI is InChI=1S/C24H29NO7/c1-22(7-6-17(28)25-18-14(26)4-3-13(19(18)29)21(30)31)16(27)5-8-24-10-12-9-15(20(22)24)32-23(12,2)11-24/h3-5,8,12,15-16,20,26-27,29H,6-7,9-11H2,1-2H3,(H,25,28)(H,30,31)/t12?,15?,16-,20?,22-,23?,24?/m1/s1. The third-order valence-electron chi connectivity index (χ3n) is 8.64. The number of nitrogens with one attached hydrogen (secondary N) is 1. The van der Waals surface area contributed by atoms with Gasteiger partial charge in [0.1, 0.15) is 17.0 Å². The maximum Gasteiger partial charge on any atom is 0.339 e. The summed E-state index contributed by atoms with van der Waals surface area (Å²) in [6.07, 6.45) is 6.78. The van der Waals surface area contributed by atoms with Crippen LogP contribution in [0.3, 0.4) is 0 Å².